The highest BCUT2D eigenvalue weighted by Crippen LogP contribution is 2.29. The summed E-state index contributed by atoms with van der Waals surface area (Å²) in [5.74, 6) is 1.26. The van der Waals surface area contributed by atoms with Gasteiger partial charge in [-0.2, -0.15) is 5.10 Å². The fraction of sp³-hybridized carbons (Fsp3) is 0.273. The third kappa shape index (κ3) is 4.91. The summed E-state index contributed by atoms with van der Waals surface area (Å²) in [7, 11) is 0. The zero-order valence-electron chi connectivity index (χ0n) is 16.4. The van der Waals surface area contributed by atoms with Gasteiger partial charge in [-0.1, -0.05) is 31.5 Å². The van der Waals surface area contributed by atoms with E-state index in [0.717, 1.165) is 41.2 Å². The molecule has 0 fully saturated rings. The predicted octanol–water partition coefficient (Wildman–Crippen LogP) is 5.55. The second-order valence-corrected chi connectivity index (χ2v) is 6.60. The minimum Gasteiger partial charge on any atom is -0.434 e. The summed E-state index contributed by atoms with van der Waals surface area (Å²) in [6, 6.07) is 15.7. The van der Waals surface area contributed by atoms with Crippen LogP contribution in [0, 0.1) is 13.8 Å². The molecule has 0 aliphatic rings. The molecule has 0 spiro atoms. The molecule has 0 saturated heterocycles. The first-order chi connectivity index (χ1) is 13.6. The molecule has 1 aromatic heterocycles. The molecule has 0 aliphatic heterocycles. The van der Waals surface area contributed by atoms with Gasteiger partial charge in [0.2, 0.25) is 0 Å². The van der Waals surface area contributed by atoms with Crippen LogP contribution in [-0.2, 0) is 4.74 Å². The predicted molar refractivity (Wildman–Crippen MR) is 110 cm³/mol. The van der Waals surface area contributed by atoms with E-state index in [-0.39, 0.29) is 0 Å². The topological polar surface area (TPSA) is 65.4 Å². The van der Waals surface area contributed by atoms with E-state index in [2.05, 4.69) is 10.4 Å². The summed E-state index contributed by atoms with van der Waals surface area (Å²) in [6.45, 7) is 6.21. The van der Waals surface area contributed by atoms with E-state index >= 15 is 0 Å². The highest BCUT2D eigenvalue weighted by atomic mass is 16.7. The lowest BCUT2D eigenvalue weighted by Crippen LogP contribution is -2.13. The molecule has 0 unspecified atom stereocenters. The van der Waals surface area contributed by atoms with Crippen LogP contribution in [0.25, 0.3) is 5.69 Å². The van der Waals surface area contributed by atoms with Gasteiger partial charge in [0, 0.05) is 18.0 Å². The molecular weight excluding hydrogens is 354 g/mol. The van der Waals surface area contributed by atoms with Crippen molar-refractivity contribution in [2.24, 2.45) is 0 Å². The first-order valence-electron chi connectivity index (χ1n) is 9.41. The van der Waals surface area contributed by atoms with Crippen molar-refractivity contribution in [3.63, 3.8) is 0 Å². The van der Waals surface area contributed by atoms with Gasteiger partial charge in [0.25, 0.3) is 0 Å². The summed E-state index contributed by atoms with van der Waals surface area (Å²) >= 11 is 0. The number of aromatic nitrogens is 2. The fourth-order valence-electron chi connectivity index (χ4n) is 2.86. The van der Waals surface area contributed by atoms with Gasteiger partial charge in [-0.05, 0) is 55.7 Å². The fourth-order valence-corrected chi connectivity index (χ4v) is 2.86. The first kappa shape index (κ1) is 19.5. The Morgan fingerprint density at radius 3 is 2.50 bits per heavy atom. The molecule has 0 aliphatic carbocycles. The van der Waals surface area contributed by atoms with Crippen LogP contribution < -0.4 is 10.1 Å². The van der Waals surface area contributed by atoms with Crippen molar-refractivity contribution in [2.45, 2.75) is 33.6 Å². The third-order valence-corrected chi connectivity index (χ3v) is 4.25. The monoisotopic (exact) mass is 379 g/mol. The average Bonchev–Trinajstić information content (AvgIpc) is 3.14. The van der Waals surface area contributed by atoms with Crippen molar-refractivity contribution in [3.8, 4) is 11.4 Å². The SMILES string of the molecule is CCCCOC(=O)Oc1c(C)cc(Nc2ccn(-c3ccccc3)n2)cc1C. The van der Waals surface area contributed by atoms with Crippen molar-refractivity contribution >= 4 is 17.7 Å². The van der Waals surface area contributed by atoms with Gasteiger partial charge in [0.05, 0.1) is 12.3 Å². The van der Waals surface area contributed by atoms with Crippen LogP contribution >= 0.6 is 0 Å². The molecule has 1 N–H and O–H groups in total. The number of nitrogens with zero attached hydrogens (tertiary/aromatic N) is 2. The Balaban J connectivity index is 1.69. The summed E-state index contributed by atoms with van der Waals surface area (Å²) < 4.78 is 12.3. The summed E-state index contributed by atoms with van der Waals surface area (Å²) in [5, 5.41) is 7.84. The number of benzene rings is 2. The Hall–Kier alpha value is -3.28. The standard InChI is InChI=1S/C22H25N3O3/c1-4-5-13-27-22(26)28-21-16(2)14-18(15-17(21)3)23-20-11-12-25(24-20)19-9-7-6-8-10-19/h6-12,14-15H,4-5,13H2,1-3H3,(H,23,24). The molecule has 6 nitrogen and oxygen atoms in total. The third-order valence-electron chi connectivity index (χ3n) is 4.25. The minimum absolute atomic E-state index is 0.372. The van der Waals surface area contributed by atoms with Crippen LogP contribution in [0.3, 0.4) is 0 Å². The number of para-hydroxylation sites is 1. The van der Waals surface area contributed by atoms with Crippen LogP contribution in [0.5, 0.6) is 5.75 Å². The quantitative estimate of drug-likeness (QED) is 0.331. The molecule has 0 atom stereocenters. The Bertz CT molecular complexity index is 912. The number of carbonyl (C=O) groups is 1. The molecule has 28 heavy (non-hydrogen) atoms. The zero-order valence-corrected chi connectivity index (χ0v) is 16.4. The lowest BCUT2D eigenvalue weighted by Gasteiger charge is -2.13. The van der Waals surface area contributed by atoms with Crippen molar-refractivity contribution in [1.29, 1.82) is 0 Å². The highest BCUT2D eigenvalue weighted by molar-refractivity contribution is 5.68. The van der Waals surface area contributed by atoms with Gasteiger partial charge >= 0.3 is 6.16 Å². The molecule has 1 heterocycles. The van der Waals surface area contributed by atoms with Gasteiger partial charge < -0.3 is 14.8 Å². The van der Waals surface area contributed by atoms with Crippen LogP contribution in [-0.4, -0.2) is 22.5 Å². The van der Waals surface area contributed by atoms with Gasteiger partial charge in [0.15, 0.2) is 5.82 Å². The molecule has 0 bridgehead atoms. The summed E-state index contributed by atoms with van der Waals surface area (Å²) in [4.78, 5) is 11.8. The number of anilines is 2. The van der Waals surface area contributed by atoms with Crippen molar-refractivity contribution in [2.75, 3.05) is 11.9 Å². The van der Waals surface area contributed by atoms with E-state index in [9.17, 15) is 4.79 Å². The number of rotatable bonds is 7. The smallest absolute Gasteiger partial charge is 0.434 e. The zero-order chi connectivity index (χ0) is 19.9. The Morgan fingerprint density at radius 1 is 1.11 bits per heavy atom. The Labute approximate surface area is 165 Å². The van der Waals surface area contributed by atoms with Crippen molar-refractivity contribution in [3.05, 3.63) is 65.9 Å². The van der Waals surface area contributed by atoms with E-state index in [0.29, 0.717) is 12.4 Å². The maximum Gasteiger partial charge on any atom is 0.513 e. The van der Waals surface area contributed by atoms with Gasteiger partial charge in [-0.3, -0.25) is 0 Å². The second-order valence-electron chi connectivity index (χ2n) is 6.60. The van der Waals surface area contributed by atoms with Gasteiger partial charge in [-0.15, -0.1) is 0 Å². The summed E-state index contributed by atoms with van der Waals surface area (Å²) in [6.07, 6.45) is 3.03. The van der Waals surface area contributed by atoms with E-state index in [1.54, 1.807) is 0 Å². The van der Waals surface area contributed by atoms with Crippen LogP contribution in [0.4, 0.5) is 16.3 Å². The normalized spacial score (nSPS) is 10.5. The molecular formula is C22H25N3O3. The molecule has 0 saturated carbocycles. The van der Waals surface area contributed by atoms with Crippen molar-refractivity contribution in [1.82, 2.24) is 9.78 Å². The van der Waals surface area contributed by atoms with E-state index < -0.39 is 6.16 Å². The molecule has 3 rings (SSSR count). The van der Waals surface area contributed by atoms with E-state index in [1.165, 1.54) is 0 Å². The highest BCUT2D eigenvalue weighted by Gasteiger charge is 2.13. The lowest BCUT2D eigenvalue weighted by molar-refractivity contribution is 0.0973. The largest absolute Gasteiger partial charge is 0.513 e. The van der Waals surface area contributed by atoms with Gasteiger partial charge in [-0.25, -0.2) is 9.48 Å². The minimum atomic E-state index is -0.665. The molecule has 0 amide bonds. The lowest BCUT2D eigenvalue weighted by atomic mass is 10.1. The number of hydrogen-bond donors (Lipinski definition) is 1. The second kappa shape index (κ2) is 9.08. The van der Waals surface area contributed by atoms with Crippen LogP contribution in [0.15, 0.2) is 54.7 Å². The number of carbonyl (C=O) groups excluding carboxylic acids is 1. The molecule has 2 aromatic carbocycles. The van der Waals surface area contributed by atoms with Crippen LogP contribution in [0.1, 0.15) is 30.9 Å². The van der Waals surface area contributed by atoms with E-state index in [4.69, 9.17) is 9.47 Å². The average molecular weight is 379 g/mol. The Morgan fingerprint density at radius 2 is 1.82 bits per heavy atom. The van der Waals surface area contributed by atoms with Gasteiger partial charge in [0.1, 0.15) is 5.75 Å². The molecule has 6 heteroatoms. The maximum absolute atomic E-state index is 11.8. The number of nitrogens with one attached hydrogen (secondary N) is 1. The number of hydrogen-bond acceptors (Lipinski definition) is 5. The number of unbranched alkanes of at least 4 members (excludes halogenated alkanes) is 1. The molecule has 146 valence electrons. The first-order valence-corrected chi connectivity index (χ1v) is 9.41. The maximum atomic E-state index is 11.8. The van der Waals surface area contributed by atoms with Crippen molar-refractivity contribution < 1.29 is 14.3 Å². The van der Waals surface area contributed by atoms with E-state index in [1.807, 2.05) is 80.2 Å². The summed E-state index contributed by atoms with van der Waals surface area (Å²) in [5.41, 5.74) is 3.56. The van der Waals surface area contributed by atoms with Crippen LogP contribution in [0.2, 0.25) is 0 Å². The molecule has 0 radical (unpaired) electrons. The molecule has 3 aromatic rings. The number of aryl methyl sites for hydroxylation is 2. The number of ether oxygens (including phenoxy) is 2. The Kier molecular flexibility index (Phi) is 6.32.